The molecule has 0 fully saturated rings. The molecule has 0 saturated carbocycles. The first-order chi connectivity index (χ1) is 8.22. The largest absolute Gasteiger partial charge is 0.450 e. The Morgan fingerprint density at radius 3 is 2.53 bits per heavy atom. The first kappa shape index (κ1) is 10.4. The molecule has 0 saturated heterocycles. The van der Waals surface area contributed by atoms with Gasteiger partial charge in [0.05, 0.1) is 0 Å². The van der Waals surface area contributed by atoms with Crippen LogP contribution in [-0.4, -0.2) is 0 Å². The molecule has 3 aromatic rings. The van der Waals surface area contributed by atoms with Crippen molar-refractivity contribution in [1.29, 1.82) is 0 Å². The van der Waals surface area contributed by atoms with Crippen molar-refractivity contribution in [3.8, 4) is 5.75 Å². The van der Waals surface area contributed by atoms with E-state index in [1.807, 2.05) is 0 Å². The number of furan rings is 1. The van der Waals surface area contributed by atoms with Crippen molar-refractivity contribution in [3.05, 3.63) is 42.0 Å². The molecule has 2 nitrogen and oxygen atoms in total. The summed E-state index contributed by atoms with van der Waals surface area (Å²) in [5, 5.41) is 1.04. The molecule has 3 rings (SSSR count). The Labute approximate surface area is 100 Å². The molecule has 5 heteroatoms. The zero-order chi connectivity index (χ0) is 12.0. The molecule has 86 valence electrons. The minimum Gasteiger partial charge on any atom is -0.450 e. The van der Waals surface area contributed by atoms with Gasteiger partial charge in [-0.25, -0.2) is 4.39 Å². The molecule has 0 radical (unpaired) electrons. The summed E-state index contributed by atoms with van der Waals surface area (Å²) < 4.78 is 37.1. The van der Waals surface area contributed by atoms with Gasteiger partial charge in [0.15, 0.2) is 22.7 Å². The highest BCUT2D eigenvalue weighted by Crippen LogP contribution is 2.35. The highest BCUT2D eigenvalue weighted by atomic mass is 32.1. The Hall–Kier alpha value is -1.75. The summed E-state index contributed by atoms with van der Waals surface area (Å²) in [6, 6.07) is 7.51. The topological polar surface area (TPSA) is 22.4 Å². The van der Waals surface area contributed by atoms with E-state index in [9.17, 15) is 8.78 Å². The van der Waals surface area contributed by atoms with Gasteiger partial charge in [-0.2, -0.15) is 4.39 Å². The number of rotatable bonds is 1. The van der Waals surface area contributed by atoms with Crippen molar-refractivity contribution in [1.82, 2.24) is 0 Å². The van der Waals surface area contributed by atoms with E-state index in [0.717, 1.165) is 0 Å². The third-order valence-electron chi connectivity index (χ3n) is 2.62. The van der Waals surface area contributed by atoms with Gasteiger partial charge in [-0.1, -0.05) is 12.1 Å². The molecule has 2 aromatic carbocycles. The van der Waals surface area contributed by atoms with Crippen LogP contribution in [0.3, 0.4) is 0 Å². The van der Waals surface area contributed by atoms with Crippen molar-refractivity contribution < 1.29 is 17.4 Å². The maximum atomic E-state index is 13.8. The number of halogens is 2. The second kappa shape index (κ2) is 3.63. The number of fused-ring (bicyclic) bond motifs is 3. The van der Waals surface area contributed by atoms with Gasteiger partial charge in [-0.15, -0.1) is 0 Å². The zero-order valence-corrected chi connectivity index (χ0v) is 9.30. The van der Waals surface area contributed by atoms with Gasteiger partial charge in [-0.3, -0.25) is 0 Å². The highest BCUT2D eigenvalue weighted by Gasteiger charge is 2.16. The summed E-state index contributed by atoms with van der Waals surface area (Å²) in [5.74, 6) is -1.26. The van der Waals surface area contributed by atoms with Gasteiger partial charge in [0.25, 0.3) is 0 Å². The second-order valence-corrected chi connectivity index (χ2v) is 3.75. The van der Waals surface area contributed by atoms with Gasteiger partial charge in [0.2, 0.25) is 5.82 Å². The molecule has 0 aliphatic heterocycles. The Bertz CT molecular complexity index is 721. The van der Waals surface area contributed by atoms with E-state index in [1.165, 1.54) is 12.1 Å². The quantitative estimate of drug-likeness (QED) is 0.520. The van der Waals surface area contributed by atoms with Crippen LogP contribution < -0.4 is 4.18 Å². The van der Waals surface area contributed by atoms with Crippen LogP contribution in [0.25, 0.3) is 21.9 Å². The van der Waals surface area contributed by atoms with Crippen LogP contribution >= 0.6 is 12.9 Å². The lowest BCUT2D eigenvalue weighted by Crippen LogP contribution is -1.82. The van der Waals surface area contributed by atoms with E-state index in [0.29, 0.717) is 10.8 Å². The molecule has 0 atom stereocenters. The van der Waals surface area contributed by atoms with Gasteiger partial charge < -0.3 is 8.60 Å². The number of hydrogen-bond acceptors (Lipinski definition) is 3. The van der Waals surface area contributed by atoms with Crippen molar-refractivity contribution >= 4 is 34.8 Å². The average molecular weight is 252 g/mol. The van der Waals surface area contributed by atoms with Crippen LogP contribution in [0.1, 0.15) is 0 Å². The van der Waals surface area contributed by atoms with E-state index in [2.05, 4.69) is 17.1 Å². The molecule has 0 amide bonds. The predicted octanol–water partition coefficient (Wildman–Crippen LogP) is 4.09. The molecule has 0 unspecified atom stereocenters. The van der Waals surface area contributed by atoms with E-state index in [-0.39, 0.29) is 16.9 Å². The fraction of sp³-hybridized carbons (Fsp3) is 0. The predicted molar refractivity (Wildman–Crippen MR) is 63.3 cm³/mol. The summed E-state index contributed by atoms with van der Waals surface area (Å²) in [6.45, 7) is 0. The van der Waals surface area contributed by atoms with E-state index >= 15 is 0 Å². The van der Waals surface area contributed by atoms with Crippen LogP contribution in [0.5, 0.6) is 5.75 Å². The third kappa shape index (κ3) is 1.39. The Kier molecular flexibility index (Phi) is 2.22. The van der Waals surface area contributed by atoms with E-state index < -0.39 is 11.6 Å². The van der Waals surface area contributed by atoms with Crippen molar-refractivity contribution in [3.63, 3.8) is 0 Å². The van der Waals surface area contributed by atoms with E-state index in [1.54, 1.807) is 18.2 Å². The van der Waals surface area contributed by atoms with Crippen LogP contribution in [0.15, 0.2) is 34.7 Å². The summed E-state index contributed by atoms with van der Waals surface area (Å²) in [4.78, 5) is 0. The lowest BCUT2D eigenvalue weighted by Gasteiger charge is -1.98. The molecule has 0 aliphatic carbocycles. The van der Waals surface area contributed by atoms with Crippen LogP contribution in [-0.2, 0) is 0 Å². The summed E-state index contributed by atoms with van der Waals surface area (Å²) in [5.41, 5.74) is 0.00867. The molecule has 0 bridgehead atoms. The number of hydrogen-bond donors (Lipinski definition) is 1. The second-order valence-electron chi connectivity index (χ2n) is 3.56. The SMILES string of the molecule is Fc1cccc2c1oc1c(F)c(OS)ccc12. The van der Waals surface area contributed by atoms with Gasteiger partial charge in [0.1, 0.15) is 0 Å². The first-order valence-corrected chi connectivity index (χ1v) is 5.19. The minimum absolute atomic E-state index is 0.0309. The molecule has 0 N–H and O–H groups in total. The highest BCUT2D eigenvalue weighted by molar-refractivity contribution is 7.75. The van der Waals surface area contributed by atoms with Gasteiger partial charge in [0, 0.05) is 23.7 Å². The fourth-order valence-corrected chi connectivity index (χ4v) is 1.99. The first-order valence-electron chi connectivity index (χ1n) is 4.83. The average Bonchev–Trinajstić information content (AvgIpc) is 2.71. The van der Waals surface area contributed by atoms with Gasteiger partial charge >= 0.3 is 0 Å². The Morgan fingerprint density at radius 2 is 1.76 bits per heavy atom. The maximum Gasteiger partial charge on any atom is 0.209 e. The molecule has 17 heavy (non-hydrogen) atoms. The zero-order valence-electron chi connectivity index (χ0n) is 8.41. The van der Waals surface area contributed by atoms with Crippen LogP contribution in [0.2, 0.25) is 0 Å². The fourth-order valence-electron chi connectivity index (χ4n) is 1.85. The molecule has 1 heterocycles. The molecular formula is C12H6F2O2S. The van der Waals surface area contributed by atoms with Crippen molar-refractivity contribution in [2.75, 3.05) is 0 Å². The van der Waals surface area contributed by atoms with Crippen molar-refractivity contribution in [2.24, 2.45) is 0 Å². The Balaban J connectivity index is 2.51. The molecule has 0 spiro atoms. The number of benzene rings is 2. The minimum atomic E-state index is -0.687. The van der Waals surface area contributed by atoms with Crippen LogP contribution in [0.4, 0.5) is 8.78 Å². The molecule has 1 aromatic heterocycles. The lowest BCUT2D eigenvalue weighted by atomic mass is 10.1. The smallest absolute Gasteiger partial charge is 0.209 e. The molecule has 0 aliphatic rings. The monoisotopic (exact) mass is 252 g/mol. The standard InChI is InChI=1S/C12H6F2O2S/c13-8-3-1-2-6-7-4-5-9(16-17)10(14)12(7)15-11(6)8/h1-5,17H. The van der Waals surface area contributed by atoms with E-state index in [4.69, 9.17) is 4.42 Å². The maximum absolute atomic E-state index is 13.8. The summed E-state index contributed by atoms with van der Waals surface area (Å²) in [7, 11) is 0. The van der Waals surface area contributed by atoms with Gasteiger partial charge in [-0.05, 0) is 18.2 Å². The number of thiol groups is 1. The summed E-state index contributed by atoms with van der Waals surface area (Å²) in [6.07, 6.45) is 0. The summed E-state index contributed by atoms with van der Waals surface area (Å²) >= 11 is 3.53. The third-order valence-corrected chi connectivity index (χ3v) is 2.82. The van der Waals surface area contributed by atoms with Crippen molar-refractivity contribution in [2.45, 2.75) is 0 Å². The molecular weight excluding hydrogens is 246 g/mol. The Morgan fingerprint density at radius 1 is 1.00 bits per heavy atom. The lowest BCUT2D eigenvalue weighted by molar-refractivity contribution is 0.524. The number of para-hydroxylation sites is 1. The van der Waals surface area contributed by atoms with Crippen LogP contribution in [0, 0.1) is 11.6 Å². The normalized spacial score (nSPS) is 11.2.